The molecule has 6 heteroatoms. The van der Waals surface area contributed by atoms with Crippen LogP contribution < -0.4 is 13.9 Å². The Labute approximate surface area is 349 Å². The Hall–Kier alpha value is -5.08. The van der Waals surface area contributed by atoms with E-state index in [4.69, 9.17) is 12.5 Å². The molecule has 56 heavy (non-hydrogen) atoms. The number of hydrogen-bond donors (Lipinski definition) is 0. The minimum absolute atomic E-state index is 0. The molecular weight excluding hydrogens is 868 g/mol. The molecule has 0 bridgehead atoms. The molecule has 0 aliphatic carbocycles. The van der Waals surface area contributed by atoms with E-state index in [0.717, 1.165) is 44.7 Å². The third-order valence-corrected chi connectivity index (χ3v) is 10.5. The van der Waals surface area contributed by atoms with Crippen molar-refractivity contribution < 1.29 is 28.5 Å². The zero-order valence-corrected chi connectivity index (χ0v) is 36.2. The van der Waals surface area contributed by atoms with E-state index in [-0.39, 0.29) is 37.3 Å². The molecule has 284 valence electrons. The van der Waals surface area contributed by atoms with E-state index in [1.807, 2.05) is 57.8 Å². The zero-order valence-electron chi connectivity index (χ0n) is 35.9. The number of aryl methyl sites for hydroxylation is 1. The summed E-state index contributed by atoms with van der Waals surface area (Å²) in [7, 11) is 0. The summed E-state index contributed by atoms with van der Waals surface area (Å²) in [6.07, 6.45) is 0.274. The van der Waals surface area contributed by atoms with Crippen molar-refractivity contribution in [3.8, 4) is 17.3 Å². The molecule has 0 atom stereocenters. The summed E-state index contributed by atoms with van der Waals surface area (Å²) in [6, 6.07) is 45.7. The number of rotatable bonds is 6. The van der Waals surface area contributed by atoms with Gasteiger partial charge in [0.1, 0.15) is 11.5 Å². The van der Waals surface area contributed by atoms with Gasteiger partial charge in [-0.2, -0.15) is 12.1 Å². The largest absolute Gasteiger partial charge is 2.00 e. The average Bonchev–Trinajstić information content (AvgIpc) is 3.70. The molecule has 2 aromatic heterocycles. The Morgan fingerprint density at radius 2 is 1.38 bits per heavy atom. The summed E-state index contributed by atoms with van der Waals surface area (Å²) in [5.74, 6) is 1.91. The van der Waals surface area contributed by atoms with Gasteiger partial charge in [0, 0.05) is 49.7 Å². The van der Waals surface area contributed by atoms with E-state index < -0.39 is 6.37 Å². The molecule has 0 N–H and O–H groups in total. The van der Waals surface area contributed by atoms with Crippen LogP contribution >= 0.6 is 0 Å². The molecule has 1 aliphatic heterocycles. The second kappa shape index (κ2) is 14.5. The van der Waals surface area contributed by atoms with Crippen molar-refractivity contribution in [2.45, 2.75) is 91.9 Å². The molecule has 5 nitrogen and oxygen atoms in total. The van der Waals surface area contributed by atoms with Gasteiger partial charge in [0.15, 0.2) is 0 Å². The van der Waals surface area contributed by atoms with Crippen LogP contribution in [0.5, 0.6) is 11.5 Å². The van der Waals surface area contributed by atoms with Crippen molar-refractivity contribution >= 4 is 50.6 Å². The van der Waals surface area contributed by atoms with E-state index >= 15 is 0 Å². The number of para-hydroxylation sites is 2. The van der Waals surface area contributed by atoms with Gasteiger partial charge in [0.25, 0.3) is 5.69 Å². The minimum Gasteiger partial charge on any atom is -0.509 e. The predicted octanol–water partition coefficient (Wildman–Crippen LogP) is 12.9. The van der Waals surface area contributed by atoms with Crippen molar-refractivity contribution in [2.24, 2.45) is 0 Å². The number of nitrogens with zero attached hydrogens (tertiary/aromatic N) is 4. The van der Waals surface area contributed by atoms with Crippen molar-refractivity contribution in [2.75, 3.05) is 0 Å². The minimum atomic E-state index is -1.61. The van der Waals surface area contributed by atoms with E-state index in [1.54, 1.807) is 6.92 Å². The monoisotopic (exact) mass is 919 g/mol. The summed E-state index contributed by atoms with van der Waals surface area (Å²) < 4.78 is 30.4. The standard InChI is InChI=1S/C50H50N4O.Pt/c1-11-33-16-14-21-44-47(33)53(38-27-35(49(5,6)7)26-36(28-38)50(8,9)10)32-52(44)37-17-15-18-39(30-37)55-40-22-23-42-41-19-12-13-20-43(41)54(45(42)31-40)46-29-34(24-25-51-46)48(2,3)4;/h12-29H,11H2,1-10H3;/q;+2/i11D2;. The van der Waals surface area contributed by atoms with Crippen LogP contribution in [0.1, 0.15) is 94.2 Å². The molecular formula is C50H50N4OPt+2. The third kappa shape index (κ3) is 7.20. The van der Waals surface area contributed by atoms with Crippen molar-refractivity contribution in [1.29, 1.82) is 0 Å². The molecule has 3 heterocycles. The number of pyridine rings is 1. The molecule has 0 saturated carbocycles. The first-order valence-electron chi connectivity index (χ1n) is 20.1. The van der Waals surface area contributed by atoms with Gasteiger partial charge in [0.05, 0.1) is 0 Å². The molecule has 1 aliphatic rings. The second-order valence-corrected chi connectivity index (χ2v) is 17.6. The van der Waals surface area contributed by atoms with Crippen LogP contribution in [0.4, 0.5) is 22.7 Å². The SMILES string of the molecule is [2H]C([2H])(C)c1cccc2c1[N+](c1cc(C(C)(C)C)cc(C(C)(C)C)c1)=C=[N+]2c1[c-]c(Oc2[c-]c3c(cc2)c2ccccc2n3-c2cc(C(C)(C)C)ccn2)ccc1.[Pt+2]. The summed E-state index contributed by atoms with van der Waals surface area (Å²) in [5, 5.41) is 2.18. The van der Waals surface area contributed by atoms with Crippen LogP contribution in [-0.4, -0.2) is 15.6 Å². The van der Waals surface area contributed by atoms with Gasteiger partial charge in [-0.1, -0.05) is 128 Å². The third-order valence-electron chi connectivity index (χ3n) is 10.5. The maximum Gasteiger partial charge on any atom is 2.00 e. The van der Waals surface area contributed by atoms with E-state index in [0.29, 0.717) is 22.7 Å². The zero-order chi connectivity index (χ0) is 40.7. The predicted molar refractivity (Wildman–Crippen MR) is 229 cm³/mol. The fraction of sp³-hybridized carbons (Fsp3) is 0.280. The molecule has 8 rings (SSSR count). The summed E-state index contributed by atoms with van der Waals surface area (Å²) in [6.45, 7) is 21.6. The molecule has 5 aromatic carbocycles. The van der Waals surface area contributed by atoms with Crippen molar-refractivity contribution in [3.63, 3.8) is 0 Å². The first-order valence-corrected chi connectivity index (χ1v) is 19.1. The molecule has 0 spiro atoms. The van der Waals surface area contributed by atoms with E-state index in [9.17, 15) is 0 Å². The smallest absolute Gasteiger partial charge is 0.509 e. The van der Waals surface area contributed by atoms with Crippen LogP contribution in [0.3, 0.4) is 0 Å². The number of aromatic nitrogens is 2. The fourth-order valence-corrected chi connectivity index (χ4v) is 7.25. The van der Waals surface area contributed by atoms with Gasteiger partial charge in [0.2, 0.25) is 5.69 Å². The van der Waals surface area contributed by atoms with Gasteiger partial charge in [-0.15, -0.1) is 23.6 Å². The van der Waals surface area contributed by atoms with Crippen molar-refractivity contribution in [3.05, 3.63) is 144 Å². The molecule has 7 aromatic rings. The van der Waals surface area contributed by atoms with Gasteiger partial charge in [-0.25, -0.2) is 4.98 Å². The van der Waals surface area contributed by atoms with Crippen LogP contribution in [0.25, 0.3) is 27.6 Å². The number of benzene rings is 5. The first-order chi connectivity index (χ1) is 26.8. The van der Waals surface area contributed by atoms with Crippen LogP contribution in [0.15, 0.2) is 109 Å². The molecule has 0 radical (unpaired) electrons. The number of hydrogen-bond acceptors (Lipinski definition) is 2. The van der Waals surface area contributed by atoms with Crippen LogP contribution in [-0.2, 0) is 43.7 Å². The van der Waals surface area contributed by atoms with Gasteiger partial charge in [-0.05, 0) is 67.5 Å². The second-order valence-electron chi connectivity index (χ2n) is 17.6. The molecule has 0 amide bonds. The van der Waals surface area contributed by atoms with E-state index in [1.165, 1.54) is 16.7 Å². The van der Waals surface area contributed by atoms with E-state index in [2.05, 4.69) is 146 Å². The van der Waals surface area contributed by atoms with Crippen molar-refractivity contribution in [1.82, 2.24) is 18.7 Å². The Balaban J connectivity index is 0.00000512. The van der Waals surface area contributed by atoms with Crippen LogP contribution in [0.2, 0.25) is 0 Å². The number of fused-ring (bicyclic) bond motifs is 4. The first kappa shape index (κ1) is 36.6. The topological polar surface area (TPSA) is 33.1 Å². The van der Waals surface area contributed by atoms with Gasteiger partial charge in [-0.3, -0.25) is 0 Å². The summed E-state index contributed by atoms with van der Waals surface area (Å²) >= 11 is 0. The fourth-order valence-electron chi connectivity index (χ4n) is 7.25. The Bertz CT molecular complexity index is 2770. The Kier molecular flexibility index (Phi) is 9.43. The number of ether oxygens (including phenoxy) is 1. The Morgan fingerprint density at radius 1 is 0.696 bits per heavy atom. The maximum absolute atomic E-state index is 8.86. The van der Waals surface area contributed by atoms with Gasteiger partial charge >= 0.3 is 32.8 Å². The Morgan fingerprint density at radius 3 is 2.07 bits per heavy atom. The average molecular weight is 920 g/mol. The quantitative estimate of drug-likeness (QED) is 0.123. The molecule has 0 saturated heterocycles. The van der Waals surface area contributed by atoms with Gasteiger partial charge < -0.3 is 9.30 Å². The normalized spacial score (nSPS) is 13.8. The molecule has 0 unspecified atom stereocenters. The summed E-state index contributed by atoms with van der Waals surface area (Å²) in [4.78, 5) is 4.82. The van der Waals surface area contributed by atoms with Crippen LogP contribution in [0, 0.1) is 12.1 Å². The maximum atomic E-state index is 8.86. The summed E-state index contributed by atoms with van der Waals surface area (Å²) in [5.41, 5.74) is 9.10. The molecule has 0 fully saturated rings.